The zero-order chi connectivity index (χ0) is 14.4. The first-order chi connectivity index (χ1) is 8.97. The van der Waals surface area contributed by atoms with Crippen molar-refractivity contribution in [2.24, 2.45) is 5.92 Å². The molecule has 1 aliphatic carbocycles. The summed E-state index contributed by atoms with van der Waals surface area (Å²) in [5, 5.41) is 11.9. The Morgan fingerprint density at radius 1 is 1.16 bits per heavy atom. The normalized spacial score (nSPS) is 19.5. The first kappa shape index (κ1) is 15.7. The van der Waals surface area contributed by atoms with E-state index in [4.69, 9.17) is 5.11 Å². The number of rotatable bonds is 5. The number of aliphatic carboxylic acids is 1. The Hall–Kier alpha value is -1.32. The monoisotopic (exact) mass is 267 g/mol. The summed E-state index contributed by atoms with van der Waals surface area (Å²) in [4.78, 5) is 22.9. The van der Waals surface area contributed by atoms with Gasteiger partial charge in [-0.2, -0.15) is 0 Å². The molecular weight excluding hydrogens is 242 g/mol. The van der Waals surface area contributed by atoms with Crippen molar-refractivity contribution >= 4 is 11.9 Å². The Morgan fingerprint density at radius 3 is 2.21 bits per heavy atom. The highest BCUT2D eigenvalue weighted by Gasteiger charge is 2.24. The third kappa shape index (κ3) is 4.37. The maximum Gasteiger partial charge on any atom is 0.331 e. The maximum atomic E-state index is 12.1. The van der Waals surface area contributed by atoms with Crippen molar-refractivity contribution in [1.82, 2.24) is 5.32 Å². The second kappa shape index (κ2) is 7.31. The zero-order valence-electron chi connectivity index (χ0n) is 12.2. The fourth-order valence-electron chi connectivity index (χ4n) is 2.70. The van der Waals surface area contributed by atoms with Crippen LogP contribution in [-0.4, -0.2) is 23.0 Å². The molecule has 1 fully saturated rings. The van der Waals surface area contributed by atoms with Gasteiger partial charge in [-0.05, 0) is 39.0 Å². The van der Waals surface area contributed by atoms with E-state index in [1.54, 1.807) is 6.92 Å². The minimum Gasteiger partial charge on any atom is -0.478 e. The predicted octanol–water partition coefficient (Wildman–Crippen LogP) is 2.88. The molecule has 1 amide bonds. The molecule has 0 aromatic carbocycles. The van der Waals surface area contributed by atoms with E-state index in [1.807, 2.05) is 0 Å². The van der Waals surface area contributed by atoms with Gasteiger partial charge in [-0.3, -0.25) is 4.79 Å². The number of nitrogens with one attached hydrogen (secondary N) is 1. The van der Waals surface area contributed by atoms with E-state index < -0.39 is 5.97 Å². The first-order valence-electron chi connectivity index (χ1n) is 7.19. The van der Waals surface area contributed by atoms with Gasteiger partial charge < -0.3 is 10.4 Å². The molecule has 2 N–H and O–H groups in total. The Kier molecular flexibility index (Phi) is 6.06. The summed E-state index contributed by atoms with van der Waals surface area (Å²) >= 11 is 0. The van der Waals surface area contributed by atoms with Crippen molar-refractivity contribution in [1.29, 1.82) is 0 Å². The van der Waals surface area contributed by atoms with E-state index in [0.29, 0.717) is 11.5 Å². The Labute approximate surface area is 115 Å². The molecule has 1 saturated carbocycles. The van der Waals surface area contributed by atoms with Crippen LogP contribution >= 0.6 is 0 Å². The molecule has 1 aliphatic rings. The predicted molar refractivity (Wildman–Crippen MR) is 74.8 cm³/mol. The number of carboxylic acids is 1. The number of carbonyl (C=O) groups is 2. The Balaban J connectivity index is 2.67. The van der Waals surface area contributed by atoms with Gasteiger partial charge in [-0.1, -0.05) is 26.2 Å². The standard InChI is InChI=1S/C15H25NO3/c1-4-13(12-8-6-5-7-9-12)16-14(17)10(2)11(3)15(18)19/h12-13H,4-9H2,1-3H3,(H,16,17)(H,18,19). The molecule has 0 radical (unpaired) electrons. The Bertz CT molecular complexity index is 368. The van der Waals surface area contributed by atoms with Gasteiger partial charge in [0.1, 0.15) is 0 Å². The largest absolute Gasteiger partial charge is 0.478 e. The fourth-order valence-corrected chi connectivity index (χ4v) is 2.70. The summed E-state index contributed by atoms with van der Waals surface area (Å²) in [6, 6.07) is 0.171. The number of hydrogen-bond donors (Lipinski definition) is 2. The SMILES string of the molecule is CCC(NC(=O)C(C)=C(C)C(=O)O)C1CCCCC1. The van der Waals surface area contributed by atoms with Crippen LogP contribution in [0.5, 0.6) is 0 Å². The molecule has 1 atom stereocenters. The van der Waals surface area contributed by atoms with Crippen LogP contribution in [0.3, 0.4) is 0 Å². The molecule has 0 aromatic rings. The van der Waals surface area contributed by atoms with Crippen LogP contribution < -0.4 is 5.32 Å². The third-order valence-electron chi connectivity index (χ3n) is 4.20. The van der Waals surface area contributed by atoms with Crippen molar-refractivity contribution < 1.29 is 14.7 Å². The van der Waals surface area contributed by atoms with Crippen molar-refractivity contribution in [2.45, 2.75) is 65.3 Å². The minimum absolute atomic E-state index is 0.121. The maximum absolute atomic E-state index is 12.1. The van der Waals surface area contributed by atoms with Gasteiger partial charge in [0.25, 0.3) is 0 Å². The first-order valence-corrected chi connectivity index (χ1v) is 7.19. The molecule has 4 heteroatoms. The zero-order valence-corrected chi connectivity index (χ0v) is 12.2. The van der Waals surface area contributed by atoms with Crippen molar-refractivity contribution in [3.05, 3.63) is 11.1 Å². The topological polar surface area (TPSA) is 66.4 Å². The van der Waals surface area contributed by atoms with Crippen molar-refractivity contribution in [3.63, 3.8) is 0 Å². The van der Waals surface area contributed by atoms with E-state index in [0.717, 1.165) is 6.42 Å². The van der Waals surface area contributed by atoms with Crippen LogP contribution in [-0.2, 0) is 9.59 Å². The molecule has 19 heavy (non-hydrogen) atoms. The van der Waals surface area contributed by atoms with E-state index >= 15 is 0 Å². The van der Waals surface area contributed by atoms with Gasteiger partial charge >= 0.3 is 5.97 Å². The molecule has 108 valence electrons. The van der Waals surface area contributed by atoms with Gasteiger partial charge in [0.2, 0.25) is 5.91 Å². The molecule has 0 spiro atoms. The van der Waals surface area contributed by atoms with Crippen LogP contribution in [0.2, 0.25) is 0 Å². The van der Waals surface area contributed by atoms with Gasteiger partial charge in [-0.25, -0.2) is 4.79 Å². The lowest BCUT2D eigenvalue weighted by Gasteiger charge is -2.30. The smallest absolute Gasteiger partial charge is 0.331 e. The molecule has 0 aliphatic heterocycles. The third-order valence-corrected chi connectivity index (χ3v) is 4.20. The molecular formula is C15H25NO3. The number of amides is 1. The lowest BCUT2D eigenvalue weighted by atomic mass is 9.83. The molecule has 0 aromatic heterocycles. The van der Waals surface area contributed by atoms with Gasteiger partial charge in [0.05, 0.1) is 0 Å². The quantitative estimate of drug-likeness (QED) is 0.753. The van der Waals surface area contributed by atoms with Crippen molar-refractivity contribution in [3.8, 4) is 0 Å². The lowest BCUT2D eigenvalue weighted by Crippen LogP contribution is -2.41. The van der Waals surface area contributed by atoms with Crippen LogP contribution in [0.15, 0.2) is 11.1 Å². The van der Waals surface area contributed by atoms with E-state index in [2.05, 4.69) is 12.2 Å². The minimum atomic E-state index is -1.03. The second-order valence-corrected chi connectivity index (χ2v) is 5.44. The average molecular weight is 267 g/mol. The molecule has 0 bridgehead atoms. The highest BCUT2D eigenvalue weighted by Crippen LogP contribution is 2.27. The highest BCUT2D eigenvalue weighted by atomic mass is 16.4. The van der Waals surface area contributed by atoms with E-state index in [1.165, 1.54) is 39.0 Å². The van der Waals surface area contributed by atoms with Gasteiger partial charge in [0, 0.05) is 17.2 Å². The molecule has 1 rings (SSSR count). The van der Waals surface area contributed by atoms with Crippen LogP contribution in [0.25, 0.3) is 0 Å². The van der Waals surface area contributed by atoms with Gasteiger partial charge in [-0.15, -0.1) is 0 Å². The van der Waals surface area contributed by atoms with Crippen LogP contribution in [0.1, 0.15) is 59.3 Å². The van der Waals surface area contributed by atoms with E-state index in [9.17, 15) is 9.59 Å². The van der Waals surface area contributed by atoms with E-state index in [-0.39, 0.29) is 17.5 Å². The number of carbonyl (C=O) groups excluding carboxylic acids is 1. The number of carboxylic acid groups (broad SMARTS) is 1. The number of hydrogen-bond acceptors (Lipinski definition) is 2. The summed E-state index contributed by atoms with van der Waals surface area (Å²) in [7, 11) is 0. The fraction of sp³-hybridized carbons (Fsp3) is 0.733. The lowest BCUT2D eigenvalue weighted by molar-refractivity contribution is -0.133. The summed E-state index contributed by atoms with van der Waals surface area (Å²) in [5.74, 6) is -0.726. The molecule has 0 saturated heterocycles. The summed E-state index contributed by atoms with van der Waals surface area (Å²) < 4.78 is 0. The summed E-state index contributed by atoms with van der Waals surface area (Å²) in [6.07, 6.45) is 6.99. The van der Waals surface area contributed by atoms with Gasteiger partial charge in [0.15, 0.2) is 0 Å². The average Bonchev–Trinajstić information content (AvgIpc) is 2.43. The van der Waals surface area contributed by atoms with Crippen LogP contribution in [0, 0.1) is 5.92 Å². The Morgan fingerprint density at radius 2 is 1.74 bits per heavy atom. The molecule has 1 unspecified atom stereocenters. The summed E-state index contributed by atoms with van der Waals surface area (Å²) in [6.45, 7) is 5.12. The second-order valence-electron chi connectivity index (χ2n) is 5.44. The highest BCUT2D eigenvalue weighted by molar-refractivity contribution is 6.01. The molecule has 0 heterocycles. The summed E-state index contributed by atoms with van der Waals surface area (Å²) in [5.41, 5.74) is 0.428. The molecule has 4 nitrogen and oxygen atoms in total. The van der Waals surface area contributed by atoms with Crippen molar-refractivity contribution in [2.75, 3.05) is 0 Å². The van der Waals surface area contributed by atoms with Crippen LogP contribution in [0.4, 0.5) is 0 Å².